The molecule has 80 valence electrons. The smallest absolute Gasteiger partial charge is 0.236 e. The van der Waals surface area contributed by atoms with Gasteiger partial charge in [0, 0.05) is 24.7 Å². The van der Waals surface area contributed by atoms with Crippen molar-refractivity contribution >= 4 is 17.5 Å². The fourth-order valence-corrected chi connectivity index (χ4v) is 1.85. The first kappa shape index (κ1) is 11.5. The number of amides is 1. The van der Waals surface area contributed by atoms with E-state index < -0.39 is 0 Å². The van der Waals surface area contributed by atoms with Crippen LogP contribution in [-0.2, 0) is 4.79 Å². The van der Waals surface area contributed by atoms with Gasteiger partial charge in [0.05, 0.1) is 6.54 Å². The minimum Gasteiger partial charge on any atom is -0.342 e. The van der Waals surface area contributed by atoms with Crippen molar-refractivity contribution in [2.24, 2.45) is 0 Å². The third-order valence-electron chi connectivity index (χ3n) is 2.31. The van der Waals surface area contributed by atoms with Gasteiger partial charge in [-0.2, -0.15) is 0 Å². The minimum atomic E-state index is 0.197. The molecule has 1 saturated heterocycles. The van der Waals surface area contributed by atoms with Gasteiger partial charge in [-0.05, 0) is 19.9 Å². The number of carbonyl (C=O) groups excluding carboxylic acids is 1. The van der Waals surface area contributed by atoms with Crippen molar-refractivity contribution in [3.63, 3.8) is 0 Å². The lowest BCUT2D eigenvalue weighted by Crippen LogP contribution is -2.37. The van der Waals surface area contributed by atoms with E-state index in [1.807, 2.05) is 16.8 Å². The molecule has 1 heterocycles. The molecule has 0 aliphatic carbocycles. The van der Waals surface area contributed by atoms with Crippen LogP contribution in [0.15, 0.2) is 11.6 Å². The van der Waals surface area contributed by atoms with Crippen molar-refractivity contribution in [1.82, 2.24) is 9.80 Å². The first-order valence-electron chi connectivity index (χ1n) is 4.89. The van der Waals surface area contributed by atoms with Gasteiger partial charge in [-0.25, -0.2) is 0 Å². The van der Waals surface area contributed by atoms with E-state index in [0.29, 0.717) is 18.1 Å². The fourth-order valence-electron chi connectivity index (χ4n) is 1.65. The summed E-state index contributed by atoms with van der Waals surface area (Å²) in [5.74, 6) is 0.197. The largest absolute Gasteiger partial charge is 0.342 e. The van der Waals surface area contributed by atoms with E-state index in [0.717, 1.165) is 25.9 Å². The zero-order valence-electron chi connectivity index (χ0n) is 8.63. The lowest BCUT2D eigenvalue weighted by molar-refractivity contribution is -0.130. The summed E-state index contributed by atoms with van der Waals surface area (Å²) in [7, 11) is 1.88. The summed E-state index contributed by atoms with van der Waals surface area (Å²) in [6, 6.07) is 0. The molecule has 1 amide bonds. The third-order valence-corrected chi connectivity index (χ3v) is 2.42. The molecule has 14 heavy (non-hydrogen) atoms. The molecule has 0 N–H and O–H groups in total. The molecule has 0 aromatic carbocycles. The summed E-state index contributed by atoms with van der Waals surface area (Å²) in [6.45, 7) is 6.43. The van der Waals surface area contributed by atoms with Crippen LogP contribution in [-0.4, -0.2) is 48.9 Å². The highest BCUT2D eigenvalue weighted by atomic mass is 35.5. The van der Waals surface area contributed by atoms with Gasteiger partial charge in [-0.3, -0.25) is 9.69 Å². The van der Waals surface area contributed by atoms with E-state index >= 15 is 0 Å². The summed E-state index contributed by atoms with van der Waals surface area (Å²) < 4.78 is 0. The topological polar surface area (TPSA) is 23.6 Å². The van der Waals surface area contributed by atoms with E-state index in [4.69, 9.17) is 11.6 Å². The summed E-state index contributed by atoms with van der Waals surface area (Å²) >= 11 is 5.65. The highest BCUT2D eigenvalue weighted by molar-refractivity contribution is 6.29. The van der Waals surface area contributed by atoms with E-state index in [1.165, 1.54) is 0 Å². The Labute approximate surface area is 90.3 Å². The van der Waals surface area contributed by atoms with Crippen LogP contribution in [0.25, 0.3) is 0 Å². The summed E-state index contributed by atoms with van der Waals surface area (Å²) in [5.41, 5.74) is 0. The predicted molar refractivity (Wildman–Crippen MR) is 58.3 cm³/mol. The molecule has 0 radical (unpaired) electrons. The first-order valence-corrected chi connectivity index (χ1v) is 5.27. The molecule has 1 aliphatic heterocycles. The number of likely N-dealkylation sites (N-methyl/N-ethyl adjacent to an activating group) is 1. The second-order valence-electron chi connectivity index (χ2n) is 3.78. The Balaban J connectivity index is 2.28. The van der Waals surface area contributed by atoms with Crippen molar-refractivity contribution < 1.29 is 4.79 Å². The van der Waals surface area contributed by atoms with Gasteiger partial charge in [0.2, 0.25) is 5.91 Å². The highest BCUT2D eigenvalue weighted by Gasteiger charge is 2.18. The van der Waals surface area contributed by atoms with Crippen molar-refractivity contribution in [3.8, 4) is 0 Å². The molecule has 0 spiro atoms. The molecule has 4 heteroatoms. The summed E-state index contributed by atoms with van der Waals surface area (Å²) in [4.78, 5) is 15.4. The Kier molecular flexibility index (Phi) is 4.42. The SMILES string of the molecule is C=C(Cl)CN(C)CC(=O)N1CCCC1. The Hall–Kier alpha value is -0.540. The quantitative estimate of drug-likeness (QED) is 0.707. The lowest BCUT2D eigenvalue weighted by Gasteiger charge is -2.20. The van der Waals surface area contributed by atoms with Crippen molar-refractivity contribution in [2.45, 2.75) is 12.8 Å². The average Bonchev–Trinajstić information content (AvgIpc) is 2.53. The maximum absolute atomic E-state index is 11.6. The van der Waals surface area contributed by atoms with Crippen molar-refractivity contribution in [1.29, 1.82) is 0 Å². The second-order valence-corrected chi connectivity index (χ2v) is 4.31. The molecule has 0 aromatic rings. The zero-order chi connectivity index (χ0) is 10.6. The van der Waals surface area contributed by atoms with Crippen molar-refractivity contribution in [2.75, 3.05) is 33.2 Å². The van der Waals surface area contributed by atoms with Gasteiger partial charge >= 0.3 is 0 Å². The molecule has 0 unspecified atom stereocenters. The summed E-state index contributed by atoms with van der Waals surface area (Å²) in [5, 5.41) is 0.571. The molecule has 0 bridgehead atoms. The second kappa shape index (κ2) is 5.37. The normalized spacial score (nSPS) is 16.4. The van der Waals surface area contributed by atoms with Gasteiger partial charge < -0.3 is 4.90 Å². The monoisotopic (exact) mass is 216 g/mol. The Bertz CT molecular complexity index is 224. The van der Waals surface area contributed by atoms with Crippen LogP contribution in [0.2, 0.25) is 0 Å². The first-order chi connectivity index (χ1) is 6.59. The Morgan fingerprint density at radius 2 is 2.00 bits per heavy atom. The van der Waals surface area contributed by atoms with Crippen LogP contribution in [0, 0.1) is 0 Å². The molecule has 0 aromatic heterocycles. The van der Waals surface area contributed by atoms with Crippen molar-refractivity contribution in [3.05, 3.63) is 11.6 Å². The number of likely N-dealkylation sites (tertiary alicyclic amines) is 1. The van der Waals surface area contributed by atoms with Crippen LogP contribution in [0.1, 0.15) is 12.8 Å². The van der Waals surface area contributed by atoms with Gasteiger partial charge in [-0.1, -0.05) is 18.2 Å². The van der Waals surface area contributed by atoms with Gasteiger partial charge in [0.15, 0.2) is 0 Å². The van der Waals surface area contributed by atoms with Gasteiger partial charge in [-0.15, -0.1) is 0 Å². The van der Waals surface area contributed by atoms with Gasteiger partial charge in [0.1, 0.15) is 0 Å². The van der Waals surface area contributed by atoms with Gasteiger partial charge in [0.25, 0.3) is 0 Å². The number of hydrogen-bond donors (Lipinski definition) is 0. The summed E-state index contributed by atoms with van der Waals surface area (Å²) in [6.07, 6.45) is 2.27. The standard InChI is InChI=1S/C10H17ClN2O/c1-9(11)7-12(2)8-10(14)13-5-3-4-6-13/h1,3-8H2,2H3. The van der Waals surface area contributed by atoms with Crippen LogP contribution >= 0.6 is 11.6 Å². The van der Waals surface area contributed by atoms with E-state index in [2.05, 4.69) is 6.58 Å². The Morgan fingerprint density at radius 3 is 2.50 bits per heavy atom. The fraction of sp³-hybridized carbons (Fsp3) is 0.700. The number of rotatable bonds is 4. The number of halogens is 1. The van der Waals surface area contributed by atoms with Crippen LogP contribution < -0.4 is 0 Å². The minimum absolute atomic E-state index is 0.197. The Morgan fingerprint density at radius 1 is 1.43 bits per heavy atom. The maximum Gasteiger partial charge on any atom is 0.236 e. The molecular weight excluding hydrogens is 200 g/mol. The molecule has 3 nitrogen and oxygen atoms in total. The van der Waals surface area contributed by atoms with Crippen LogP contribution in [0.4, 0.5) is 0 Å². The number of nitrogens with zero attached hydrogens (tertiary/aromatic N) is 2. The molecule has 1 rings (SSSR count). The van der Waals surface area contributed by atoms with E-state index in [-0.39, 0.29) is 5.91 Å². The molecular formula is C10H17ClN2O. The average molecular weight is 217 g/mol. The molecule has 1 fully saturated rings. The molecule has 0 saturated carbocycles. The van der Waals surface area contributed by atoms with Crippen LogP contribution in [0.3, 0.4) is 0 Å². The maximum atomic E-state index is 11.6. The number of carbonyl (C=O) groups is 1. The predicted octanol–water partition coefficient (Wildman–Crippen LogP) is 1.29. The zero-order valence-corrected chi connectivity index (χ0v) is 9.39. The lowest BCUT2D eigenvalue weighted by atomic mass is 10.4. The van der Waals surface area contributed by atoms with E-state index in [9.17, 15) is 4.79 Å². The molecule has 0 atom stereocenters. The highest BCUT2D eigenvalue weighted by Crippen LogP contribution is 2.08. The number of hydrogen-bond acceptors (Lipinski definition) is 2. The van der Waals surface area contributed by atoms with Crippen LogP contribution in [0.5, 0.6) is 0 Å². The molecule has 1 aliphatic rings. The van der Waals surface area contributed by atoms with E-state index in [1.54, 1.807) is 0 Å². The third kappa shape index (κ3) is 3.68.